The van der Waals surface area contributed by atoms with E-state index in [4.69, 9.17) is 14.6 Å². The van der Waals surface area contributed by atoms with Crippen LogP contribution in [0, 0.1) is 0 Å². The molecule has 6 heteroatoms. The monoisotopic (exact) mass is 253 g/mol. The Labute approximate surface area is 105 Å². The van der Waals surface area contributed by atoms with Gasteiger partial charge in [0.1, 0.15) is 11.5 Å². The highest BCUT2D eigenvalue weighted by Crippen LogP contribution is 2.29. The Kier molecular flexibility index (Phi) is 4.98. The van der Waals surface area contributed by atoms with Gasteiger partial charge in [0.05, 0.1) is 18.9 Å². The van der Waals surface area contributed by atoms with Gasteiger partial charge in [0, 0.05) is 6.07 Å². The molecule has 0 saturated carbocycles. The number of ether oxygens (including phenoxy) is 2. The molecule has 0 heterocycles. The molecule has 0 atom stereocenters. The van der Waals surface area contributed by atoms with Gasteiger partial charge < -0.3 is 19.9 Å². The zero-order chi connectivity index (χ0) is 13.5. The fraction of sp³-hybridized carbons (Fsp3) is 0.333. The SMILES string of the molecule is CCOc1ccc(OCC)c(NC(=O)C(=O)O)c1. The lowest BCUT2D eigenvalue weighted by Gasteiger charge is -2.12. The molecule has 1 aromatic carbocycles. The maximum atomic E-state index is 11.1. The molecule has 1 rings (SSSR count). The van der Waals surface area contributed by atoms with E-state index in [2.05, 4.69) is 5.32 Å². The van der Waals surface area contributed by atoms with Crippen molar-refractivity contribution in [2.75, 3.05) is 18.5 Å². The Morgan fingerprint density at radius 1 is 1.22 bits per heavy atom. The third-order valence-electron chi connectivity index (χ3n) is 2.00. The molecular formula is C12H15NO5. The number of carboxylic acid groups (broad SMARTS) is 1. The molecule has 0 aliphatic carbocycles. The van der Waals surface area contributed by atoms with Crippen molar-refractivity contribution in [1.82, 2.24) is 0 Å². The Bertz CT molecular complexity index is 444. The van der Waals surface area contributed by atoms with E-state index in [0.29, 0.717) is 24.7 Å². The summed E-state index contributed by atoms with van der Waals surface area (Å²) in [5.74, 6) is -1.75. The molecule has 0 aromatic heterocycles. The first-order valence-electron chi connectivity index (χ1n) is 5.52. The Morgan fingerprint density at radius 2 is 1.89 bits per heavy atom. The van der Waals surface area contributed by atoms with Gasteiger partial charge in [-0.2, -0.15) is 0 Å². The zero-order valence-corrected chi connectivity index (χ0v) is 10.2. The smallest absolute Gasteiger partial charge is 0.394 e. The highest BCUT2D eigenvalue weighted by atomic mass is 16.5. The van der Waals surface area contributed by atoms with E-state index in [1.54, 1.807) is 19.1 Å². The molecule has 0 bridgehead atoms. The van der Waals surface area contributed by atoms with E-state index in [1.807, 2.05) is 6.92 Å². The molecule has 0 spiro atoms. The summed E-state index contributed by atoms with van der Waals surface area (Å²) >= 11 is 0. The van der Waals surface area contributed by atoms with Gasteiger partial charge >= 0.3 is 11.9 Å². The van der Waals surface area contributed by atoms with E-state index in [0.717, 1.165) is 0 Å². The van der Waals surface area contributed by atoms with Gasteiger partial charge in [-0.25, -0.2) is 4.79 Å². The molecule has 18 heavy (non-hydrogen) atoms. The van der Waals surface area contributed by atoms with Gasteiger partial charge in [-0.1, -0.05) is 0 Å². The second-order valence-electron chi connectivity index (χ2n) is 3.28. The normalized spacial score (nSPS) is 9.67. The van der Waals surface area contributed by atoms with Gasteiger partial charge in [0.15, 0.2) is 0 Å². The first-order valence-corrected chi connectivity index (χ1v) is 5.52. The fourth-order valence-electron chi connectivity index (χ4n) is 1.32. The van der Waals surface area contributed by atoms with Crippen LogP contribution in [0.5, 0.6) is 11.5 Å². The van der Waals surface area contributed by atoms with Gasteiger partial charge in [0.2, 0.25) is 0 Å². The van der Waals surface area contributed by atoms with E-state index < -0.39 is 11.9 Å². The number of aliphatic carboxylic acids is 1. The summed E-state index contributed by atoms with van der Waals surface area (Å²) in [6, 6.07) is 4.83. The molecule has 1 amide bonds. The highest BCUT2D eigenvalue weighted by molar-refractivity contribution is 6.36. The van der Waals surface area contributed by atoms with Gasteiger partial charge in [-0.3, -0.25) is 4.79 Å². The second kappa shape index (κ2) is 6.48. The average molecular weight is 253 g/mol. The summed E-state index contributed by atoms with van der Waals surface area (Å²) in [6.07, 6.45) is 0. The number of anilines is 1. The molecule has 2 N–H and O–H groups in total. The first kappa shape index (κ1) is 13.8. The van der Waals surface area contributed by atoms with E-state index >= 15 is 0 Å². The number of nitrogens with one attached hydrogen (secondary N) is 1. The summed E-state index contributed by atoms with van der Waals surface area (Å²) in [4.78, 5) is 21.6. The molecule has 0 radical (unpaired) electrons. The number of amides is 1. The molecule has 98 valence electrons. The molecular weight excluding hydrogens is 238 g/mol. The summed E-state index contributed by atoms with van der Waals surface area (Å²) < 4.78 is 10.6. The van der Waals surface area contributed by atoms with Crippen molar-refractivity contribution in [3.8, 4) is 11.5 Å². The van der Waals surface area contributed by atoms with Crippen LogP contribution in [0.2, 0.25) is 0 Å². The summed E-state index contributed by atoms with van der Waals surface area (Å²) in [5.41, 5.74) is 0.273. The van der Waals surface area contributed by atoms with Crippen molar-refractivity contribution in [2.45, 2.75) is 13.8 Å². The third kappa shape index (κ3) is 3.65. The van der Waals surface area contributed by atoms with Crippen LogP contribution >= 0.6 is 0 Å². The van der Waals surface area contributed by atoms with Gasteiger partial charge in [-0.15, -0.1) is 0 Å². The number of carbonyl (C=O) groups excluding carboxylic acids is 1. The predicted molar refractivity (Wildman–Crippen MR) is 65.0 cm³/mol. The van der Waals surface area contributed by atoms with Crippen LogP contribution in [0.25, 0.3) is 0 Å². The van der Waals surface area contributed by atoms with Crippen LogP contribution in [-0.2, 0) is 9.59 Å². The maximum Gasteiger partial charge on any atom is 0.394 e. The lowest BCUT2D eigenvalue weighted by atomic mass is 10.2. The number of benzene rings is 1. The quantitative estimate of drug-likeness (QED) is 0.777. The van der Waals surface area contributed by atoms with Crippen molar-refractivity contribution in [1.29, 1.82) is 0 Å². The largest absolute Gasteiger partial charge is 0.494 e. The average Bonchev–Trinajstić information content (AvgIpc) is 2.33. The topological polar surface area (TPSA) is 84.9 Å². The van der Waals surface area contributed by atoms with E-state index in [9.17, 15) is 9.59 Å². The minimum Gasteiger partial charge on any atom is -0.494 e. The number of carboxylic acids is 1. The molecule has 6 nitrogen and oxygen atoms in total. The minimum atomic E-state index is -1.56. The van der Waals surface area contributed by atoms with Gasteiger partial charge in [-0.05, 0) is 26.0 Å². The van der Waals surface area contributed by atoms with Crippen molar-refractivity contribution >= 4 is 17.6 Å². The fourth-order valence-corrected chi connectivity index (χ4v) is 1.32. The van der Waals surface area contributed by atoms with Crippen LogP contribution in [0.3, 0.4) is 0 Å². The minimum absolute atomic E-state index is 0.273. The summed E-state index contributed by atoms with van der Waals surface area (Å²) in [5, 5.41) is 10.8. The van der Waals surface area contributed by atoms with Crippen molar-refractivity contribution in [2.24, 2.45) is 0 Å². The number of carbonyl (C=O) groups is 2. The number of rotatable bonds is 5. The van der Waals surface area contributed by atoms with E-state index in [-0.39, 0.29) is 5.69 Å². The first-order chi connectivity index (χ1) is 8.58. The molecule has 0 fully saturated rings. The molecule has 0 aliphatic rings. The van der Waals surface area contributed by atoms with Crippen LogP contribution < -0.4 is 14.8 Å². The predicted octanol–water partition coefficient (Wildman–Crippen LogP) is 1.51. The van der Waals surface area contributed by atoms with Crippen molar-refractivity contribution < 1.29 is 24.2 Å². The third-order valence-corrected chi connectivity index (χ3v) is 2.00. The van der Waals surface area contributed by atoms with Crippen LogP contribution in [-0.4, -0.2) is 30.2 Å². The van der Waals surface area contributed by atoms with Crippen LogP contribution in [0.4, 0.5) is 5.69 Å². The summed E-state index contributed by atoms with van der Waals surface area (Å²) in [6.45, 7) is 4.50. The standard InChI is InChI=1S/C12H15NO5/c1-3-17-8-5-6-10(18-4-2)9(7-8)13-11(14)12(15)16/h5-7H,3-4H2,1-2H3,(H,13,14)(H,15,16). The number of hydrogen-bond donors (Lipinski definition) is 2. The number of hydrogen-bond acceptors (Lipinski definition) is 4. The van der Waals surface area contributed by atoms with Crippen LogP contribution in [0.1, 0.15) is 13.8 Å². The zero-order valence-electron chi connectivity index (χ0n) is 10.2. The molecule has 0 saturated heterocycles. The van der Waals surface area contributed by atoms with Gasteiger partial charge in [0.25, 0.3) is 0 Å². The molecule has 1 aromatic rings. The lowest BCUT2D eigenvalue weighted by Crippen LogP contribution is -2.22. The molecule has 0 unspecified atom stereocenters. The highest BCUT2D eigenvalue weighted by Gasteiger charge is 2.15. The second-order valence-corrected chi connectivity index (χ2v) is 3.28. The Balaban J connectivity index is 2.98. The van der Waals surface area contributed by atoms with Crippen molar-refractivity contribution in [3.05, 3.63) is 18.2 Å². The lowest BCUT2D eigenvalue weighted by molar-refractivity contribution is -0.147. The molecule has 0 aliphatic heterocycles. The van der Waals surface area contributed by atoms with Crippen molar-refractivity contribution in [3.63, 3.8) is 0 Å². The Morgan fingerprint density at radius 3 is 2.44 bits per heavy atom. The maximum absolute atomic E-state index is 11.1. The van der Waals surface area contributed by atoms with Crippen LogP contribution in [0.15, 0.2) is 18.2 Å². The van der Waals surface area contributed by atoms with E-state index in [1.165, 1.54) is 6.07 Å². The summed E-state index contributed by atoms with van der Waals surface area (Å²) in [7, 11) is 0. The Hall–Kier alpha value is -2.24.